The topological polar surface area (TPSA) is 80.8 Å². The Bertz CT molecular complexity index is 1040. The fraction of sp³-hybridized carbons (Fsp3) is 0.500. The first-order chi connectivity index (χ1) is 14.6. The van der Waals surface area contributed by atoms with Gasteiger partial charge in [0.15, 0.2) is 5.65 Å². The highest BCUT2D eigenvalue weighted by Crippen LogP contribution is 2.45. The van der Waals surface area contributed by atoms with Crippen LogP contribution >= 0.6 is 0 Å². The zero-order chi connectivity index (χ0) is 20.7. The van der Waals surface area contributed by atoms with E-state index in [9.17, 15) is 0 Å². The standard InChI is InChI=1S/C24H32N6/c1-15-10-16(2)12-19(11-15)26-24-28-20-6-7-22(29-23(20)30(24)9-3-8-25)27-21-14-17-4-5-18(21)13-17/h6-7,10-12,17-18,21H,3-5,8-9,13-14,25H2,1-2H3,(H,26,28)(H,27,29). The van der Waals surface area contributed by atoms with Crippen molar-refractivity contribution < 1.29 is 0 Å². The molecule has 1 aromatic carbocycles. The molecule has 3 atom stereocenters. The molecule has 3 aromatic rings. The highest BCUT2D eigenvalue weighted by molar-refractivity contribution is 5.78. The molecule has 0 spiro atoms. The third-order valence-corrected chi connectivity index (χ3v) is 6.73. The molecular weight excluding hydrogens is 372 g/mol. The van der Waals surface area contributed by atoms with Gasteiger partial charge in [0, 0.05) is 18.3 Å². The van der Waals surface area contributed by atoms with Crippen LogP contribution in [0.4, 0.5) is 17.5 Å². The van der Waals surface area contributed by atoms with Crippen molar-refractivity contribution in [2.45, 2.75) is 58.5 Å². The van der Waals surface area contributed by atoms with E-state index in [1.165, 1.54) is 36.8 Å². The summed E-state index contributed by atoms with van der Waals surface area (Å²) in [6.45, 7) is 5.67. The van der Waals surface area contributed by atoms with Gasteiger partial charge < -0.3 is 16.4 Å². The van der Waals surface area contributed by atoms with Gasteiger partial charge in [-0.3, -0.25) is 4.57 Å². The van der Waals surface area contributed by atoms with E-state index in [4.69, 9.17) is 15.7 Å². The summed E-state index contributed by atoms with van der Waals surface area (Å²) in [6, 6.07) is 11.2. The van der Waals surface area contributed by atoms with Crippen molar-refractivity contribution in [1.29, 1.82) is 0 Å². The number of nitrogens with zero attached hydrogens (tertiary/aromatic N) is 3. The molecule has 2 saturated carbocycles. The lowest BCUT2D eigenvalue weighted by molar-refractivity contribution is 0.439. The second kappa shape index (κ2) is 7.91. The normalized spacial score (nSPS) is 22.7. The van der Waals surface area contributed by atoms with E-state index in [-0.39, 0.29) is 0 Å². The number of hydrogen-bond donors (Lipinski definition) is 3. The molecule has 2 aromatic heterocycles. The molecule has 2 aliphatic rings. The average Bonchev–Trinajstić information content (AvgIpc) is 3.40. The van der Waals surface area contributed by atoms with Crippen LogP contribution in [0.1, 0.15) is 43.2 Å². The highest BCUT2D eigenvalue weighted by atomic mass is 15.2. The number of rotatable bonds is 7. The van der Waals surface area contributed by atoms with E-state index in [0.29, 0.717) is 12.6 Å². The van der Waals surface area contributed by atoms with Crippen molar-refractivity contribution in [3.05, 3.63) is 41.5 Å². The number of benzene rings is 1. The first kappa shape index (κ1) is 19.4. The molecule has 2 aliphatic carbocycles. The van der Waals surface area contributed by atoms with Gasteiger partial charge in [0.2, 0.25) is 5.95 Å². The Morgan fingerprint density at radius 1 is 1.07 bits per heavy atom. The van der Waals surface area contributed by atoms with Crippen LogP contribution in [-0.4, -0.2) is 27.1 Å². The number of fused-ring (bicyclic) bond motifs is 3. The number of anilines is 3. The minimum absolute atomic E-state index is 0.571. The van der Waals surface area contributed by atoms with E-state index in [1.54, 1.807) is 0 Å². The monoisotopic (exact) mass is 404 g/mol. The fourth-order valence-electron chi connectivity index (χ4n) is 5.43. The van der Waals surface area contributed by atoms with Crippen molar-refractivity contribution in [2.24, 2.45) is 17.6 Å². The van der Waals surface area contributed by atoms with E-state index < -0.39 is 0 Å². The van der Waals surface area contributed by atoms with E-state index in [2.05, 4.69) is 59.4 Å². The Hall–Kier alpha value is -2.60. The molecule has 158 valence electrons. The van der Waals surface area contributed by atoms with Gasteiger partial charge in [-0.2, -0.15) is 0 Å². The quantitative estimate of drug-likeness (QED) is 0.530. The van der Waals surface area contributed by atoms with Gasteiger partial charge >= 0.3 is 0 Å². The van der Waals surface area contributed by atoms with E-state index in [0.717, 1.165) is 53.4 Å². The van der Waals surface area contributed by atoms with Gasteiger partial charge in [0.1, 0.15) is 11.3 Å². The second-order valence-electron chi connectivity index (χ2n) is 9.20. The first-order valence-electron chi connectivity index (χ1n) is 11.3. The third kappa shape index (κ3) is 3.76. The summed E-state index contributed by atoms with van der Waals surface area (Å²) in [4.78, 5) is 9.83. The summed E-state index contributed by atoms with van der Waals surface area (Å²) in [5.74, 6) is 3.52. The number of pyridine rings is 1. The minimum atomic E-state index is 0.571. The molecule has 5 rings (SSSR count). The number of nitrogens with one attached hydrogen (secondary N) is 2. The summed E-state index contributed by atoms with van der Waals surface area (Å²) in [7, 11) is 0. The molecule has 6 heteroatoms. The van der Waals surface area contributed by atoms with E-state index in [1.807, 2.05) is 0 Å². The van der Waals surface area contributed by atoms with Crippen LogP contribution in [0.2, 0.25) is 0 Å². The van der Waals surface area contributed by atoms with Crippen molar-refractivity contribution >= 4 is 28.6 Å². The first-order valence-corrected chi connectivity index (χ1v) is 11.3. The number of imidazole rings is 1. The number of hydrogen-bond acceptors (Lipinski definition) is 5. The lowest BCUT2D eigenvalue weighted by Crippen LogP contribution is -2.26. The Morgan fingerprint density at radius 3 is 2.60 bits per heavy atom. The van der Waals surface area contributed by atoms with Crippen LogP contribution in [0.25, 0.3) is 11.2 Å². The van der Waals surface area contributed by atoms with Crippen LogP contribution in [0.5, 0.6) is 0 Å². The molecule has 3 unspecified atom stereocenters. The zero-order valence-corrected chi connectivity index (χ0v) is 18.0. The zero-order valence-electron chi connectivity index (χ0n) is 18.0. The van der Waals surface area contributed by atoms with Crippen LogP contribution in [0.15, 0.2) is 30.3 Å². The summed E-state index contributed by atoms with van der Waals surface area (Å²) >= 11 is 0. The van der Waals surface area contributed by atoms with Crippen molar-refractivity contribution in [3.63, 3.8) is 0 Å². The lowest BCUT2D eigenvalue weighted by Gasteiger charge is -2.23. The molecule has 0 saturated heterocycles. The van der Waals surface area contributed by atoms with Crippen LogP contribution in [0, 0.1) is 25.7 Å². The van der Waals surface area contributed by atoms with Crippen molar-refractivity contribution in [1.82, 2.24) is 14.5 Å². The number of nitrogens with two attached hydrogens (primary N) is 1. The Balaban J connectivity index is 1.46. The van der Waals surface area contributed by atoms with Gasteiger partial charge in [-0.05, 0) is 93.3 Å². The molecule has 0 aliphatic heterocycles. The Kier molecular flexibility index (Phi) is 5.11. The van der Waals surface area contributed by atoms with E-state index >= 15 is 0 Å². The predicted molar refractivity (Wildman–Crippen MR) is 123 cm³/mol. The molecule has 2 bridgehead atoms. The van der Waals surface area contributed by atoms with Gasteiger partial charge in [0.25, 0.3) is 0 Å². The maximum atomic E-state index is 5.82. The lowest BCUT2D eigenvalue weighted by atomic mass is 9.95. The number of aryl methyl sites for hydroxylation is 3. The van der Waals surface area contributed by atoms with Crippen LogP contribution in [0.3, 0.4) is 0 Å². The summed E-state index contributed by atoms with van der Waals surface area (Å²) in [5, 5.41) is 7.24. The fourth-order valence-corrected chi connectivity index (χ4v) is 5.43. The second-order valence-corrected chi connectivity index (χ2v) is 9.20. The summed E-state index contributed by atoms with van der Waals surface area (Å²) in [6.07, 6.45) is 6.34. The molecule has 4 N–H and O–H groups in total. The molecular formula is C24H32N6. The van der Waals surface area contributed by atoms with Crippen LogP contribution in [-0.2, 0) is 6.54 Å². The maximum absolute atomic E-state index is 5.82. The molecule has 6 nitrogen and oxygen atoms in total. The Labute approximate surface area is 178 Å². The number of aromatic nitrogens is 3. The van der Waals surface area contributed by atoms with Gasteiger partial charge in [0.05, 0.1) is 0 Å². The molecule has 0 amide bonds. The molecule has 30 heavy (non-hydrogen) atoms. The van der Waals surface area contributed by atoms with Crippen molar-refractivity contribution in [2.75, 3.05) is 17.2 Å². The summed E-state index contributed by atoms with van der Waals surface area (Å²) < 4.78 is 2.17. The molecule has 0 radical (unpaired) electrons. The Morgan fingerprint density at radius 2 is 1.90 bits per heavy atom. The minimum Gasteiger partial charge on any atom is -0.367 e. The molecule has 2 fully saturated rings. The average molecular weight is 405 g/mol. The van der Waals surface area contributed by atoms with Crippen molar-refractivity contribution in [3.8, 4) is 0 Å². The predicted octanol–water partition coefficient (Wildman–Crippen LogP) is 4.74. The summed E-state index contributed by atoms with van der Waals surface area (Å²) in [5.41, 5.74) is 11.2. The third-order valence-electron chi connectivity index (χ3n) is 6.73. The van der Waals surface area contributed by atoms with Crippen LogP contribution < -0.4 is 16.4 Å². The molecule has 2 heterocycles. The van der Waals surface area contributed by atoms with Gasteiger partial charge in [-0.15, -0.1) is 0 Å². The highest BCUT2D eigenvalue weighted by Gasteiger charge is 2.39. The van der Waals surface area contributed by atoms with Gasteiger partial charge in [-0.1, -0.05) is 12.5 Å². The SMILES string of the molecule is Cc1cc(C)cc(Nc2nc3ccc(NC4CC5CCC4C5)nc3n2CCCN)c1. The van der Waals surface area contributed by atoms with Gasteiger partial charge in [-0.25, -0.2) is 9.97 Å². The largest absolute Gasteiger partial charge is 0.367 e. The smallest absolute Gasteiger partial charge is 0.209 e. The maximum Gasteiger partial charge on any atom is 0.209 e.